The molecule has 0 aromatic heterocycles. The molecule has 2 unspecified atom stereocenters. The van der Waals surface area contributed by atoms with E-state index in [0.29, 0.717) is 6.54 Å². The lowest BCUT2D eigenvalue weighted by atomic mass is 10.0. The Morgan fingerprint density at radius 3 is 2.62 bits per heavy atom. The van der Waals surface area contributed by atoms with Crippen molar-refractivity contribution >= 4 is 17.8 Å². The highest BCUT2D eigenvalue weighted by atomic mass is 16.3. The first kappa shape index (κ1) is 15.8. The number of rotatable bonds is 4. The topological polar surface area (TPSA) is 90.0 Å². The van der Waals surface area contributed by atoms with Crippen LogP contribution in [0.1, 0.15) is 33.6 Å². The van der Waals surface area contributed by atoms with Gasteiger partial charge < -0.3 is 15.3 Å². The van der Waals surface area contributed by atoms with Gasteiger partial charge in [0.1, 0.15) is 5.54 Å². The van der Waals surface area contributed by atoms with Gasteiger partial charge in [0.15, 0.2) is 0 Å². The van der Waals surface area contributed by atoms with Gasteiger partial charge in [0.05, 0.1) is 12.6 Å². The molecule has 0 aromatic carbocycles. The van der Waals surface area contributed by atoms with Crippen LogP contribution in [0.4, 0.5) is 4.79 Å². The molecule has 2 aliphatic rings. The van der Waals surface area contributed by atoms with Crippen molar-refractivity contribution in [3.8, 4) is 0 Å². The summed E-state index contributed by atoms with van der Waals surface area (Å²) >= 11 is 0. The van der Waals surface area contributed by atoms with Crippen LogP contribution in [0.15, 0.2) is 0 Å². The number of aliphatic hydroxyl groups excluding tert-OH is 1. The molecule has 2 rings (SSSR count). The third-order valence-corrected chi connectivity index (χ3v) is 4.38. The predicted molar refractivity (Wildman–Crippen MR) is 75.3 cm³/mol. The van der Waals surface area contributed by atoms with Gasteiger partial charge >= 0.3 is 6.03 Å². The van der Waals surface area contributed by atoms with Gasteiger partial charge in [-0.15, -0.1) is 0 Å². The van der Waals surface area contributed by atoms with Crippen molar-refractivity contribution in [3.63, 3.8) is 0 Å². The lowest BCUT2D eigenvalue weighted by Crippen LogP contribution is -2.43. The molecular formula is C14H23N3O4. The summed E-state index contributed by atoms with van der Waals surface area (Å²) in [5, 5.41) is 12.0. The van der Waals surface area contributed by atoms with E-state index >= 15 is 0 Å². The molecule has 0 spiro atoms. The fourth-order valence-corrected chi connectivity index (χ4v) is 2.97. The highest BCUT2D eigenvalue weighted by Gasteiger charge is 2.44. The minimum absolute atomic E-state index is 0.0525. The summed E-state index contributed by atoms with van der Waals surface area (Å²) in [4.78, 5) is 38.7. The molecular weight excluding hydrogens is 274 g/mol. The molecule has 2 N–H and O–H groups in total. The van der Waals surface area contributed by atoms with E-state index in [9.17, 15) is 19.5 Å². The fraction of sp³-hybridized carbons (Fsp3) is 0.786. The molecule has 2 saturated heterocycles. The number of hydrogen-bond donors (Lipinski definition) is 2. The Morgan fingerprint density at radius 2 is 2.10 bits per heavy atom. The van der Waals surface area contributed by atoms with Gasteiger partial charge in [-0.1, -0.05) is 6.92 Å². The Labute approximate surface area is 124 Å². The van der Waals surface area contributed by atoms with E-state index in [4.69, 9.17) is 0 Å². The number of carbonyl (C=O) groups is 3. The Balaban J connectivity index is 1.93. The second-order valence-electron chi connectivity index (χ2n) is 6.36. The Morgan fingerprint density at radius 1 is 1.43 bits per heavy atom. The van der Waals surface area contributed by atoms with Gasteiger partial charge in [0, 0.05) is 19.5 Å². The minimum atomic E-state index is -0.907. The zero-order valence-electron chi connectivity index (χ0n) is 12.8. The summed E-state index contributed by atoms with van der Waals surface area (Å²) in [6, 6.07) is -0.608. The predicted octanol–water partition coefficient (Wildman–Crippen LogP) is -0.0638. The number of carbonyl (C=O) groups excluding carboxylic acids is 3. The average molecular weight is 297 g/mol. The van der Waals surface area contributed by atoms with Crippen molar-refractivity contribution in [2.75, 3.05) is 19.7 Å². The molecule has 2 fully saturated rings. The lowest BCUT2D eigenvalue weighted by Gasteiger charge is -2.26. The SMILES string of the molecule is CC1CCN(C(=O)CCN2C(=O)NC(C)(C)C2=O)C1CO. The van der Waals surface area contributed by atoms with Crippen LogP contribution in [0.25, 0.3) is 0 Å². The first-order chi connectivity index (χ1) is 9.77. The van der Waals surface area contributed by atoms with Crippen molar-refractivity contribution < 1.29 is 19.5 Å². The smallest absolute Gasteiger partial charge is 0.325 e. The minimum Gasteiger partial charge on any atom is -0.394 e. The molecule has 0 bridgehead atoms. The van der Waals surface area contributed by atoms with Gasteiger partial charge in [-0.05, 0) is 26.2 Å². The molecule has 21 heavy (non-hydrogen) atoms. The van der Waals surface area contributed by atoms with E-state index in [1.54, 1.807) is 18.7 Å². The van der Waals surface area contributed by atoms with Crippen molar-refractivity contribution in [1.82, 2.24) is 15.1 Å². The molecule has 7 nitrogen and oxygen atoms in total. The molecule has 7 heteroatoms. The van der Waals surface area contributed by atoms with Crippen LogP contribution in [0.3, 0.4) is 0 Å². The van der Waals surface area contributed by atoms with Crippen LogP contribution in [0.5, 0.6) is 0 Å². The van der Waals surface area contributed by atoms with Gasteiger partial charge in [0.25, 0.3) is 5.91 Å². The number of aliphatic hydroxyl groups is 1. The van der Waals surface area contributed by atoms with E-state index in [1.807, 2.05) is 6.92 Å². The van der Waals surface area contributed by atoms with E-state index in [1.165, 1.54) is 0 Å². The van der Waals surface area contributed by atoms with Gasteiger partial charge in [-0.3, -0.25) is 14.5 Å². The van der Waals surface area contributed by atoms with Crippen LogP contribution in [-0.2, 0) is 9.59 Å². The maximum absolute atomic E-state index is 12.2. The fourth-order valence-electron chi connectivity index (χ4n) is 2.97. The molecule has 2 aliphatic heterocycles. The summed E-state index contributed by atoms with van der Waals surface area (Å²) in [5.74, 6) is -0.160. The van der Waals surface area contributed by atoms with Crippen LogP contribution in [0, 0.1) is 5.92 Å². The second kappa shape index (κ2) is 5.63. The van der Waals surface area contributed by atoms with E-state index in [-0.39, 0.29) is 43.3 Å². The zero-order chi connectivity index (χ0) is 15.8. The van der Waals surface area contributed by atoms with Gasteiger partial charge in [0.2, 0.25) is 5.91 Å². The number of urea groups is 1. The monoisotopic (exact) mass is 297 g/mol. The van der Waals surface area contributed by atoms with Crippen LogP contribution >= 0.6 is 0 Å². The molecule has 4 amide bonds. The average Bonchev–Trinajstić information content (AvgIpc) is 2.86. The van der Waals surface area contributed by atoms with Crippen molar-refractivity contribution in [3.05, 3.63) is 0 Å². The van der Waals surface area contributed by atoms with Crippen LogP contribution in [0.2, 0.25) is 0 Å². The second-order valence-corrected chi connectivity index (χ2v) is 6.36. The molecule has 2 atom stereocenters. The third kappa shape index (κ3) is 2.88. The van der Waals surface area contributed by atoms with E-state index in [2.05, 4.69) is 5.32 Å². The summed E-state index contributed by atoms with van der Waals surface area (Å²) in [6.45, 7) is 5.93. The quantitative estimate of drug-likeness (QED) is 0.711. The maximum Gasteiger partial charge on any atom is 0.325 e. The number of hydrogen-bond acceptors (Lipinski definition) is 4. The lowest BCUT2D eigenvalue weighted by molar-refractivity contribution is -0.134. The molecule has 118 valence electrons. The number of likely N-dealkylation sites (tertiary alicyclic amines) is 1. The maximum atomic E-state index is 12.2. The number of imide groups is 1. The van der Waals surface area contributed by atoms with E-state index in [0.717, 1.165) is 11.3 Å². The number of nitrogens with one attached hydrogen (secondary N) is 1. The van der Waals surface area contributed by atoms with Gasteiger partial charge in [-0.25, -0.2) is 4.79 Å². The highest BCUT2D eigenvalue weighted by Crippen LogP contribution is 2.24. The largest absolute Gasteiger partial charge is 0.394 e. The molecule has 0 saturated carbocycles. The summed E-state index contributed by atoms with van der Waals surface area (Å²) in [6.07, 6.45) is 0.964. The summed E-state index contributed by atoms with van der Waals surface area (Å²) < 4.78 is 0. The Bertz CT molecular complexity index is 463. The normalized spacial score (nSPS) is 28.2. The van der Waals surface area contributed by atoms with Crippen LogP contribution in [-0.4, -0.2) is 64.0 Å². The standard InChI is InChI=1S/C14H23N3O4/c1-9-4-6-16(10(9)8-18)11(19)5-7-17-12(20)14(2,3)15-13(17)21/h9-10,18H,4-8H2,1-3H3,(H,15,21). The Hall–Kier alpha value is -1.63. The summed E-state index contributed by atoms with van der Waals surface area (Å²) in [5.41, 5.74) is -0.907. The third-order valence-electron chi connectivity index (χ3n) is 4.38. The first-order valence-electron chi connectivity index (χ1n) is 7.32. The highest BCUT2D eigenvalue weighted by molar-refractivity contribution is 6.06. The molecule has 0 radical (unpaired) electrons. The van der Waals surface area contributed by atoms with Gasteiger partial charge in [-0.2, -0.15) is 0 Å². The summed E-state index contributed by atoms with van der Waals surface area (Å²) in [7, 11) is 0. The molecule has 2 heterocycles. The number of nitrogens with zero attached hydrogens (tertiary/aromatic N) is 2. The molecule has 0 aromatic rings. The first-order valence-corrected chi connectivity index (χ1v) is 7.32. The van der Waals surface area contributed by atoms with Crippen molar-refractivity contribution in [2.24, 2.45) is 5.92 Å². The Kier molecular flexibility index (Phi) is 4.22. The molecule has 0 aliphatic carbocycles. The van der Waals surface area contributed by atoms with Crippen molar-refractivity contribution in [1.29, 1.82) is 0 Å². The van der Waals surface area contributed by atoms with Crippen LogP contribution < -0.4 is 5.32 Å². The van der Waals surface area contributed by atoms with E-state index < -0.39 is 11.6 Å². The zero-order valence-corrected chi connectivity index (χ0v) is 12.8. The number of amides is 4. The van der Waals surface area contributed by atoms with Crippen molar-refractivity contribution in [2.45, 2.75) is 45.2 Å².